The van der Waals surface area contributed by atoms with E-state index in [-0.39, 0.29) is 11.3 Å². The maximum Gasteiger partial charge on any atom is 0.302 e. The van der Waals surface area contributed by atoms with Crippen molar-refractivity contribution in [2.24, 2.45) is 0 Å². The van der Waals surface area contributed by atoms with E-state index in [0.29, 0.717) is 27.2 Å². The van der Waals surface area contributed by atoms with Gasteiger partial charge in [-0.3, -0.25) is 14.5 Å². The minimum Gasteiger partial charge on any atom is -0.507 e. The number of hydrogen-bond acceptors (Lipinski definition) is 6. The third-order valence-corrected chi connectivity index (χ3v) is 6.92. The first-order valence-corrected chi connectivity index (χ1v) is 11.6. The Kier molecular flexibility index (Phi) is 5.31. The summed E-state index contributed by atoms with van der Waals surface area (Å²) in [6.45, 7) is 3.84. The number of hydrogen-bond donors (Lipinski definition) is 1. The first-order valence-electron chi connectivity index (χ1n) is 10.4. The topological polar surface area (TPSA) is 83.6 Å². The second-order valence-corrected chi connectivity index (χ2v) is 9.22. The number of nitrogens with zero attached hydrogens (tertiary/aromatic N) is 2. The molecule has 0 bridgehead atoms. The number of halogens is 1. The number of furan rings is 1. The Balaban J connectivity index is 1.70. The molecular formula is C25H19ClN2O4S. The maximum atomic E-state index is 13.2. The molecule has 8 heteroatoms. The van der Waals surface area contributed by atoms with Crippen LogP contribution in [0.4, 0.5) is 5.13 Å². The molecule has 2 aromatic heterocycles. The Hall–Kier alpha value is -3.42. The van der Waals surface area contributed by atoms with E-state index in [4.69, 9.17) is 16.0 Å². The summed E-state index contributed by atoms with van der Waals surface area (Å²) in [7, 11) is 0. The van der Waals surface area contributed by atoms with Crippen molar-refractivity contribution in [1.29, 1.82) is 0 Å². The highest BCUT2D eigenvalue weighted by atomic mass is 35.5. The number of amides is 1. The lowest BCUT2D eigenvalue weighted by molar-refractivity contribution is -0.132. The van der Waals surface area contributed by atoms with Crippen LogP contribution in [0.3, 0.4) is 0 Å². The molecule has 0 spiro atoms. The molecule has 1 aliphatic rings. The van der Waals surface area contributed by atoms with Crippen LogP contribution in [0.15, 0.2) is 64.6 Å². The number of aryl methyl sites for hydroxylation is 2. The molecule has 3 heterocycles. The number of thiazole rings is 1. The van der Waals surface area contributed by atoms with Gasteiger partial charge in [0, 0.05) is 10.6 Å². The molecule has 166 valence electrons. The first-order chi connectivity index (χ1) is 15.9. The number of aromatic nitrogens is 1. The summed E-state index contributed by atoms with van der Waals surface area (Å²) < 4.78 is 6.74. The van der Waals surface area contributed by atoms with E-state index in [1.165, 1.54) is 16.2 Å². The fourth-order valence-electron chi connectivity index (χ4n) is 3.94. The zero-order valence-corrected chi connectivity index (χ0v) is 19.4. The summed E-state index contributed by atoms with van der Waals surface area (Å²) in [5.74, 6) is -0.857. The minimum atomic E-state index is -0.944. The highest BCUT2D eigenvalue weighted by molar-refractivity contribution is 7.22. The molecule has 0 saturated carbocycles. The lowest BCUT2D eigenvalue weighted by Crippen LogP contribution is -2.29. The quantitative estimate of drug-likeness (QED) is 0.219. The number of Topliss-reactive ketones (excluding diaryl/α,β-unsaturated/α-hetero) is 1. The van der Waals surface area contributed by atoms with Crippen LogP contribution in [0.25, 0.3) is 16.0 Å². The number of benzene rings is 2. The Morgan fingerprint density at radius 3 is 2.58 bits per heavy atom. The van der Waals surface area contributed by atoms with Crippen LogP contribution in [-0.2, 0) is 16.0 Å². The SMILES string of the molecule is CCc1ccc2nc(N3C(=O)C(=O)/C(=C(/O)c4ccc(Cl)cc4)[C@@H]3c3ccc(C)o3)sc2c1. The number of aliphatic hydroxyl groups excluding tert-OH is 1. The van der Waals surface area contributed by atoms with Gasteiger partial charge in [0.2, 0.25) is 0 Å². The minimum absolute atomic E-state index is 0.0508. The first kappa shape index (κ1) is 21.4. The number of rotatable bonds is 4. The zero-order valence-electron chi connectivity index (χ0n) is 17.8. The van der Waals surface area contributed by atoms with Gasteiger partial charge < -0.3 is 9.52 Å². The number of anilines is 1. The monoisotopic (exact) mass is 478 g/mol. The van der Waals surface area contributed by atoms with Gasteiger partial charge in [-0.05, 0) is 67.4 Å². The molecule has 33 heavy (non-hydrogen) atoms. The highest BCUT2D eigenvalue weighted by Crippen LogP contribution is 2.44. The van der Waals surface area contributed by atoms with Crippen LogP contribution in [0.2, 0.25) is 5.02 Å². The van der Waals surface area contributed by atoms with E-state index < -0.39 is 17.7 Å². The number of fused-ring (bicyclic) bond motifs is 1. The van der Waals surface area contributed by atoms with E-state index in [1.54, 1.807) is 43.3 Å². The molecule has 5 rings (SSSR count). The van der Waals surface area contributed by atoms with Gasteiger partial charge in [-0.25, -0.2) is 4.98 Å². The summed E-state index contributed by atoms with van der Waals surface area (Å²) in [5.41, 5.74) is 2.22. The van der Waals surface area contributed by atoms with Crippen LogP contribution < -0.4 is 4.90 Å². The molecule has 0 unspecified atom stereocenters. The normalized spacial score (nSPS) is 17.9. The summed E-state index contributed by atoms with van der Waals surface area (Å²) in [5, 5.41) is 12.0. The summed E-state index contributed by atoms with van der Waals surface area (Å²) >= 11 is 7.29. The van der Waals surface area contributed by atoms with Gasteiger partial charge in [0.25, 0.3) is 5.78 Å². The number of ketones is 1. The van der Waals surface area contributed by atoms with Crippen molar-refractivity contribution in [2.75, 3.05) is 4.90 Å². The van der Waals surface area contributed by atoms with Crippen LogP contribution in [0.1, 0.15) is 35.6 Å². The fraction of sp³-hybridized carbons (Fsp3) is 0.160. The Bertz CT molecular complexity index is 1430. The van der Waals surface area contributed by atoms with Gasteiger partial charge in [-0.1, -0.05) is 35.9 Å². The molecular weight excluding hydrogens is 460 g/mol. The average Bonchev–Trinajstić information content (AvgIpc) is 3.49. The number of aliphatic hydroxyl groups is 1. The van der Waals surface area contributed by atoms with Crippen LogP contribution >= 0.6 is 22.9 Å². The zero-order chi connectivity index (χ0) is 23.3. The van der Waals surface area contributed by atoms with Gasteiger partial charge in [-0.15, -0.1) is 0 Å². The fourth-order valence-corrected chi connectivity index (χ4v) is 5.12. The van der Waals surface area contributed by atoms with Gasteiger partial charge in [0.05, 0.1) is 15.8 Å². The molecule has 1 amide bonds. The van der Waals surface area contributed by atoms with Crippen LogP contribution in [-0.4, -0.2) is 21.8 Å². The maximum absolute atomic E-state index is 13.2. The third kappa shape index (κ3) is 3.63. The molecule has 0 radical (unpaired) electrons. The molecule has 1 fully saturated rings. The van der Waals surface area contributed by atoms with E-state index in [9.17, 15) is 14.7 Å². The molecule has 6 nitrogen and oxygen atoms in total. The molecule has 1 N–H and O–H groups in total. The summed E-state index contributed by atoms with van der Waals surface area (Å²) in [6, 6.07) is 14.9. The van der Waals surface area contributed by atoms with Gasteiger partial charge in [0.1, 0.15) is 23.3 Å². The third-order valence-electron chi connectivity index (χ3n) is 5.65. The van der Waals surface area contributed by atoms with E-state index in [2.05, 4.69) is 11.9 Å². The second kappa shape index (κ2) is 8.17. The Morgan fingerprint density at radius 1 is 1.15 bits per heavy atom. The summed E-state index contributed by atoms with van der Waals surface area (Å²) in [4.78, 5) is 32.3. The Morgan fingerprint density at radius 2 is 1.91 bits per heavy atom. The van der Waals surface area contributed by atoms with Crippen molar-refractivity contribution >= 4 is 55.7 Å². The predicted molar refractivity (Wildman–Crippen MR) is 129 cm³/mol. The number of carbonyl (C=O) groups is 2. The van der Waals surface area contributed by atoms with Crippen LogP contribution in [0, 0.1) is 6.92 Å². The average molecular weight is 479 g/mol. The van der Waals surface area contributed by atoms with Gasteiger partial charge >= 0.3 is 5.91 Å². The molecule has 0 aliphatic carbocycles. The molecule has 2 aromatic carbocycles. The van der Waals surface area contributed by atoms with Crippen LogP contribution in [0.5, 0.6) is 0 Å². The number of carbonyl (C=O) groups excluding carboxylic acids is 2. The van der Waals surface area contributed by atoms with Gasteiger partial charge in [-0.2, -0.15) is 0 Å². The molecule has 1 saturated heterocycles. The lowest BCUT2D eigenvalue weighted by Gasteiger charge is -2.20. The van der Waals surface area contributed by atoms with E-state index in [1.807, 2.05) is 18.2 Å². The lowest BCUT2D eigenvalue weighted by atomic mass is 9.99. The highest BCUT2D eigenvalue weighted by Gasteiger charge is 2.49. The van der Waals surface area contributed by atoms with Crippen molar-refractivity contribution in [3.05, 3.63) is 87.8 Å². The van der Waals surface area contributed by atoms with Gasteiger partial charge in [0.15, 0.2) is 5.13 Å². The van der Waals surface area contributed by atoms with Crippen molar-refractivity contribution in [1.82, 2.24) is 4.98 Å². The van der Waals surface area contributed by atoms with E-state index >= 15 is 0 Å². The molecule has 1 aliphatic heterocycles. The van der Waals surface area contributed by atoms with Crippen molar-refractivity contribution in [3.63, 3.8) is 0 Å². The largest absolute Gasteiger partial charge is 0.507 e. The summed E-state index contributed by atoms with van der Waals surface area (Å²) in [6.07, 6.45) is 0.875. The predicted octanol–water partition coefficient (Wildman–Crippen LogP) is 6.04. The van der Waals surface area contributed by atoms with E-state index in [0.717, 1.165) is 22.2 Å². The molecule has 4 aromatic rings. The van der Waals surface area contributed by atoms with Crippen molar-refractivity contribution < 1.29 is 19.1 Å². The standard InChI is InChI=1S/C25H19ClN2O4S/c1-3-14-5-10-17-19(12-14)33-25(27-17)28-21(18-11-4-13(2)32-18)20(23(30)24(28)31)22(29)15-6-8-16(26)9-7-15/h4-12,21,29H,3H2,1-2H3/b22-20+/t21-/m0/s1. The Labute approximate surface area is 198 Å². The molecule has 1 atom stereocenters. The second-order valence-electron chi connectivity index (χ2n) is 7.78. The smallest absolute Gasteiger partial charge is 0.302 e. The van der Waals surface area contributed by atoms with Crippen molar-refractivity contribution in [3.8, 4) is 0 Å². The van der Waals surface area contributed by atoms with Crippen molar-refractivity contribution in [2.45, 2.75) is 26.3 Å².